The summed E-state index contributed by atoms with van der Waals surface area (Å²) in [6.45, 7) is 2.99. The molecule has 182 valence electrons. The maximum atomic E-state index is 12.2. The molecule has 0 spiro atoms. The molecule has 0 aromatic carbocycles. The number of hydrogen-bond donors (Lipinski definition) is 5. The molecule has 5 atom stereocenters. The van der Waals surface area contributed by atoms with E-state index in [1.165, 1.54) is 28.0 Å². The topological polar surface area (TPSA) is 182 Å². The van der Waals surface area contributed by atoms with Crippen molar-refractivity contribution in [2.75, 3.05) is 31.7 Å². The molecule has 0 radical (unpaired) electrons. The number of amides is 1. The Bertz CT molecular complexity index is 1180. The van der Waals surface area contributed by atoms with E-state index in [-0.39, 0.29) is 17.9 Å². The van der Waals surface area contributed by atoms with Gasteiger partial charge >= 0.3 is 0 Å². The predicted octanol–water partition coefficient (Wildman–Crippen LogP) is -1.43. The highest BCUT2D eigenvalue weighted by Crippen LogP contribution is 2.33. The van der Waals surface area contributed by atoms with Gasteiger partial charge in [-0.25, -0.2) is 9.67 Å². The lowest BCUT2D eigenvalue weighted by atomic mass is 10.1. The van der Waals surface area contributed by atoms with Gasteiger partial charge in [-0.2, -0.15) is 15.1 Å². The third-order valence-electron chi connectivity index (χ3n) is 5.86. The Balaban J connectivity index is 1.57. The lowest BCUT2D eigenvalue weighted by Crippen LogP contribution is -2.33. The summed E-state index contributed by atoms with van der Waals surface area (Å²) in [6, 6.07) is 0.0218. The molecule has 3 aromatic rings. The number of nitrogens with zero attached hydrogens (tertiary/aromatic N) is 6. The second-order valence-corrected chi connectivity index (χ2v) is 8.16. The number of aromatic nitrogens is 6. The fraction of sp³-hybridized carbons (Fsp3) is 0.550. The number of rotatable bonds is 7. The summed E-state index contributed by atoms with van der Waals surface area (Å²) in [7, 11) is 0. The molecule has 2 saturated heterocycles. The van der Waals surface area contributed by atoms with Gasteiger partial charge in [0, 0.05) is 19.3 Å². The fourth-order valence-corrected chi connectivity index (χ4v) is 4.06. The van der Waals surface area contributed by atoms with Crippen molar-refractivity contribution >= 4 is 22.9 Å². The number of hydrogen-bond acceptors (Lipinski definition) is 11. The van der Waals surface area contributed by atoms with Crippen LogP contribution in [0.1, 0.15) is 29.9 Å². The maximum Gasteiger partial charge on any atom is 0.254 e. The molecule has 2 aliphatic heterocycles. The number of ether oxygens (including phenoxy) is 2. The van der Waals surface area contributed by atoms with Crippen LogP contribution in [-0.4, -0.2) is 101 Å². The van der Waals surface area contributed by atoms with Gasteiger partial charge < -0.3 is 35.4 Å². The van der Waals surface area contributed by atoms with Crippen LogP contribution in [0.15, 0.2) is 18.7 Å². The van der Waals surface area contributed by atoms with Crippen molar-refractivity contribution in [2.24, 2.45) is 0 Å². The molecule has 2 fully saturated rings. The van der Waals surface area contributed by atoms with Crippen LogP contribution in [0.2, 0.25) is 0 Å². The Hall–Kier alpha value is -3.17. The Labute approximate surface area is 193 Å². The fourth-order valence-electron chi connectivity index (χ4n) is 4.06. The lowest BCUT2D eigenvalue weighted by Gasteiger charge is -2.17. The number of carbonyl (C=O) groups excluding carboxylic acids is 1. The summed E-state index contributed by atoms with van der Waals surface area (Å²) >= 11 is 0. The zero-order valence-electron chi connectivity index (χ0n) is 18.4. The lowest BCUT2D eigenvalue weighted by molar-refractivity contribution is -0.0511. The molecule has 0 saturated carbocycles. The van der Waals surface area contributed by atoms with Gasteiger partial charge in [-0.3, -0.25) is 9.36 Å². The predicted molar refractivity (Wildman–Crippen MR) is 116 cm³/mol. The van der Waals surface area contributed by atoms with Crippen LogP contribution in [0.5, 0.6) is 0 Å². The summed E-state index contributed by atoms with van der Waals surface area (Å²) in [6.07, 6.45) is 0.614. The summed E-state index contributed by atoms with van der Waals surface area (Å²) in [4.78, 5) is 25.7. The van der Waals surface area contributed by atoms with Gasteiger partial charge in [0.1, 0.15) is 18.3 Å². The summed E-state index contributed by atoms with van der Waals surface area (Å²) in [5.74, 6) is 0.321. The Kier molecular flexibility index (Phi) is 6.14. The van der Waals surface area contributed by atoms with E-state index in [0.717, 1.165) is 6.42 Å². The minimum atomic E-state index is -1.30. The Morgan fingerprint density at radius 3 is 2.85 bits per heavy atom. The first-order chi connectivity index (χ1) is 16.5. The molecule has 0 unspecified atom stereocenters. The van der Waals surface area contributed by atoms with Crippen LogP contribution in [-0.2, 0) is 9.47 Å². The molecular formula is C20H26N8O6. The molecule has 34 heavy (non-hydrogen) atoms. The molecule has 5 heterocycles. The van der Waals surface area contributed by atoms with Crippen molar-refractivity contribution < 1.29 is 29.6 Å². The van der Waals surface area contributed by atoms with E-state index in [0.29, 0.717) is 42.3 Å². The van der Waals surface area contributed by atoms with E-state index in [9.17, 15) is 20.1 Å². The maximum absolute atomic E-state index is 12.2. The van der Waals surface area contributed by atoms with Crippen LogP contribution in [0.3, 0.4) is 0 Å². The number of anilines is 1. The van der Waals surface area contributed by atoms with Crippen LogP contribution in [0.4, 0.5) is 5.82 Å². The molecule has 0 aliphatic carbocycles. The van der Waals surface area contributed by atoms with Gasteiger partial charge in [0.15, 0.2) is 23.2 Å². The monoisotopic (exact) mass is 474 g/mol. The number of imidazole rings is 1. The van der Waals surface area contributed by atoms with E-state index in [4.69, 9.17) is 9.47 Å². The summed E-state index contributed by atoms with van der Waals surface area (Å²) < 4.78 is 14.0. The van der Waals surface area contributed by atoms with Gasteiger partial charge in [0.05, 0.1) is 37.3 Å². The highest BCUT2D eigenvalue weighted by Gasteiger charge is 2.44. The van der Waals surface area contributed by atoms with Crippen LogP contribution >= 0.6 is 0 Å². The molecule has 14 nitrogen and oxygen atoms in total. The van der Waals surface area contributed by atoms with Crippen molar-refractivity contribution in [2.45, 2.75) is 43.9 Å². The molecule has 2 aliphatic rings. The van der Waals surface area contributed by atoms with Crippen molar-refractivity contribution in [3.63, 3.8) is 0 Å². The van der Waals surface area contributed by atoms with E-state index >= 15 is 0 Å². The van der Waals surface area contributed by atoms with Gasteiger partial charge in [0.2, 0.25) is 0 Å². The average molecular weight is 474 g/mol. The quantitative estimate of drug-likeness (QED) is 0.271. The first kappa shape index (κ1) is 22.6. The second kappa shape index (κ2) is 9.23. The van der Waals surface area contributed by atoms with Crippen LogP contribution < -0.4 is 10.6 Å². The number of aliphatic hydroxyl groups is 3. The van der Waals surface area contributed by atoms with Crippen molar-refractivity contribution in [1.29, 1.82) is 0 Å². The first-order valence-electron chi connectivity index (χ1n) is 11.0. The zero-order valence-corrected chi connectivity index (χ0v) is 18.4. The average Bonchev–Trinajstić information content (AvgIpc) is 3.62. The van der Waals surface area contributed by atoms with Gasteiger partial charge in [-0.15, -0.1) is 0 Å². The number of nitrogens with one attached hydrogen (secondary N) is 2. The van der Waals surface area contributed by atoms with E-state index in [1.807, 2.05) is 6.92 Å². The van der Waals surface area contributed by atoms with Gasteiger partial charge in [0.25, 0.3) is 11.9 Å². The SMILES string of the molecule is CCNC(=O)c1cnn(-c2nc(N[C@@H]3CCOC3)c3ncn([C@@H]4O[C@H](CO)[C@@H](O)[C@H]4O)c3n2)c1. The van der Waals surface area contributed by atoms with E-state index < -0.39 is 31.1 Å². The standard InChI is InChI=1S/C20H26N8O6/c1-2-21-18(32)10-5-23-28(6-10)20-25-16(24-11-3-4-33-8-11)13-17(26-20)27(9-22-13)19-15(31)14(30)12(7-29)34-19/h5-6,9,11-12,14-15,19,29-31H,2-4,7-8H2,1H3,(H,21,32)(H,24,25,26)/t11-,12-,14-,15-,19-/m1/s1. The van der Waals surface area contributed by atoms with E-state index in [1.54, 1.807) is 0 Å². The number of carbonyl (C=O) groups is 1. The largest absolute Gasteiger partial charge is 0.394 e. The second-order valence-electron chi connectivity index (χ2n) is 8.16. The minimum absolute atomic E-state index is 0.0218. The molecule has 0 bridgehead atoms. The Morgan fingerprint density at radius 1 is 1.29 bits per heavy atom. The van der Waals surface area contributed by atoms with Crippen molar-refractivity contribution in [3.05, 3.63) is 24.3 Å². The van der Waals surface area contributed by atoms with Gasteiger partial charge in [-0.05, 0) is 13.3 Å². The summed E-state index contributed by atoms with van der Waals surface area (Å²) in [5.41, 5.74) is 1.09. The normalized spacial score (nSPS) is 26.9. The number of fused-ring (bicyclic) bond motifs is 1. The van der Waals surface area contributed by atoms with E-state index in [2.05, 4.69) is 30.7 Å². The van der Waals surface area contributed by atoms with Crippen LogP contribution in [0.25, 0.3) is 17.1 Å². The third kappa shape index (κ3) is 3.99. The molecular weight excluding hydrogens is 448 g/mol. The van der Waals surface area contributed by atoms with Crippen molar-refractivity contribution in [3.8, 4) is 5.95 Å². The summed E-state index contributed by atoms with van der Waals surface area (Å²) in [5, 5.41) is 40.4. The van der Waals surface area contributed by atoms with Gasteiger partial charge in [-0.1, -0.05) is 0 Å². The zero-order chi connectivity index (χ0) is 23.8. The first-order valence-corrected chi connectivity index (χ1v) is 11.0. The molecule has 5 rings (SSSR count). The molecule has 14 heteroatoms. The minimum Gasteiger partial charge on any atom is -0.394 e. The molecule has 3 aromatic heterocycles. The number of aliphatic hydroxyl groups excluding tert-OH is 3. The smallest absolute Gasteiger partial charge is 0.254 e. The Morgan fingerprint density at radius 2 is 2.15 bits per heavy atom. The van der Waals surface area contributed by atoms with Crippen molar-refractivity contribution in [1.82, 2.24) is 34.6 Å². The highest BCUT2D eigenvalue weighted by molar-refractivity contribution is 5.93. The highest BCUT2D eigenvalue weighted by atomic mass is 16.6. The third-order valence-corrected chi connectivity index (χ3v) is 5.86. The molecule has 5 N–H and O–H groups in total. The van der Waals surface area contributed by atoms with Crippen LogP contribution in [0, 0.1) is 0 Å². The molecule has 1 amide bonds.